The summed E-state index contributed by atoms with van der Waals surface area (Å²) in [5, 5.41) is 26.6. The fourth-order valence-electron chi connectivity index (χ4n) is 3.65. The summed E-state index contributed by atoms with van der Waals surface area (Å²) in [5.41, 5.74) is 12.2. The summed E-state index contributed by atoms with van der Waals surface area (Å²) in [7, 11) is 0. The van der Waals surface area contributed by atoms with E-state index in [9.17, 15) is 34.2 Å². The third kappa shape index (κ3) is 10.9. The molecule has 4 atom stereocenters. The van der Waals surface area contributed by atoms with Gasteiger partial charge in [-0.1, -0.05) is 12.1 Å². The third-order valence-electron chi connectivity index (χ3n) is 5.88. The molecule has 2 aromatic rings. The molecular formula is C25H35N7O7S. The van der Waals surface area contributed by atoms with E-state index in [2.05, 4.69) is 25.9 Å². The van der Waals surface area contributed by atoms with Gasteiger partial charge in [0, 0.05) is 31.2 Å². The van der Waals surface area contributed by atoms with Crippen LogP contribution in [0.2, 0.25) is 0 Å². The number of imidazole rings is 1. The molecule has 0 saturated carbocycles. The van der Waals surface area contributed by atoms with Gasteiger partial charge >= 0.3 is 5.97 Å². The largest absolute Gasteiger partial charge is 0.508 e. The van der Waals surface area contributed by atoms with Crippen LogP contribution in [0.4, 0.5) is 0 Å². The molecule has 0 aliphatic rings. The number of carbonyl (C=O) groups excluding carboxylic acids is 4. The number of carboxylic acids is 1. The first-order valence-electron chi connectivity index (χ1n) is 12.4. The Kier molecular flexibility index (Phi) is 12.9. The number of aromatic hydroxyl groups is 1. The molecule has 0 radical (unpaired) electrons. The van der Waals surface area contributed by atoms with Crippen LogP contribution in [-0.4, -0.2) is 86.0 Å². The number of primary amides is 1. The summed E-state index contributed by atoms with van der Waals surface area (Å²) in [6.07, 6.45) is 4.50. The van der Waals surface area contributed by atoms with E-state index >= 15 is 0 Å². The van der Waals surface area contributed by atoms with Gasteiger partial charge in [0.2, 0.25) is 23.6 Å². The number of phenols is 1. The lowest BCUT2D eigenvalue weighted by atomic mass is 10.0. The van der Waals surface area contributed by atoms with Gasteiger partial charge in [-0.15, -0.1) is 0 Å². The van der Waals surface area contributed by atoms with Crippen LogP contribution in [0.25, 0.3) is 0 Å². The van der Waals surface area contributed by atoms with E-state index in [1.54, 1.807) is 12.1 Å². The molecule has 10 N–H and O–H groups in total. The molecule has 15 heteroatoms. The number of phenolic OH excluding ortho intramolecular Hbond substituents is 1. The van der Waals surface area contributed by atoms with Crippen molar-refractivity contribution < 1.29 is 34.2 Å². The second-order valence-corrected chi connectivity index (χ2v) is 10.1. The van der Waals surface area contributed by atoms with Crippen LogP contribution < -0.4 is 27.4 Å². The van der Waals surface area contributed by atoms with Crippen LogP contribution >= 0.6 is 11.8 Å². The average Bonchev–Trinajstić information content (AvgIpc) is 3.42. The number of carbonyl (C=O) groups is 5. The minimum Gasteiger partial charge on any atom is -0.508 e. The zero-order valence-electron chi connectivity index (χ0n) is 22.0. The Bertz CT molecular complexity index is 1140. The quantitative estimate of drug-likeness (QED) is 0.111. The van der Waals surface area contributed by atoms with E-state index < -0.39 is 53.8 Å². The number of thioether (sulfide) groups is 1. The van der Waals surface area contributed by atoms with Gasteiger partial charge in [0.1, 0.15) is 23.9 Å². The van der Waals surface area contributed by atoms with Crippen molar-refractivity contribution in [2.45, 2.75) is 56.3 Å². The number of aromatic amines is 1. The standard InChI is InChI=1S/C25H35N7O7S/c1-40-9-8-17(26)22(35)31-19(10-14-2-4-16(33)5-3-14)23(36)32-20(11-15-12-28-13-29-15)24(37)30-18(25(38)39)6-7-21(27)34/h2-5,12-13,17-20,33H,6-11,26H2,1H3,(H2,27,34)(H,28,29)(H,30,37)(H,31,35)(H,32,36)(H,38,39). The normalized spacial score (nSPS) is 13.8. The number of amides is 4. The van der Waals surface area contributed by atoms with Gasteiger partial charge in [0.15, 0.2) is 0 Å². The fourth-order valence-corrected chi connectivity index (χ4v) is 4.14. The first-order chi connectivity index (χ1) is 19.0. The number of nitrogens with two attached hydrogens (primary N) is 2. The summed E-state index contributed by atoms with van der Waals surface area (Å²) < 4.78 is 0. The van der Waals surface area contributed by atoms with Crippen molar-refractivity contribution in [2.24, 2.45) is 11.5 Å². The fraction of sp³-hybridized carbons (Fsp3) is 0.440. The number of aromatic nitrogens is 2. The van der Waals surface area contributed by atoms with Gasteiger partial charge in [0.25, 0.3) is 0 Å². The highest BCUT2D eigenvalue weighted by molar-refractivity contribution is 7.98. The van der Waals surface area contributed by atoms with E-state index in [0.29, 0.717) is 23.4 Å². The van der Waals surface area contributed by atoms with Crippen LogP contribution in [0.15, 0.2) is 36.8 Å². The first kappa shape index (κ1) is 32.1. The summed E-state index contributed by atoms with van der Waals surface area (Å²) in [6, 6.07) is 1.32. The lowest BCUT2D eigenvalue weighted by Gasteiger charge is -2.25. The highest BCUT2D eigenvalue weighted by Gasteiger charge is 2.31. The van der Waals surface area contributed by atoms with E-state index in [0.717, 1.165) is 0 Å². The molecule has 2 rings (SSSR count). The van der Waals surface area contributed by atoms with Crippen molar-refractivity contribution in [3.05, 3.63) is 48.0 Å². The summed E-state index contributed by atoms with van der Waals surface area (Å²) in [6.45, 7) is 0. The number of aliphatic carboxylic acids is 1. The number of benzene rings is 1. The molecule has 1 aromatic carbocycles. The molecular weight excluding hydrogens is 542 g/mol. The Morgan fingerprint density at radius 3 is 2.10 bits per heavy atom. The molecule has 4 amide bonds. The molecule has 40 heavy (non-hydrogen) atoms. The van der Waals surface area contributed by atoms with Crippen molar-refractivity contribution in [1.29, 1.82) is 0 Å². The highest BCUT2D eigenvalue weighted by Crippen LogP contribution is 2.12. The molecule has 0 bridgehead atoms. The molecule has 0 aliphatic heterocycles. The molecule has 4 unspecified atom stereocenters. The van der Waals surface area contributed by atoms with Crippen molar-refractivity contribution in [3.63, 3.8) is 0 Å². The van der Waals surface area contributed by atoms with Crippen LogP contribution in [0.1, 0.15) is 30.5 Å². The third-order valence-corrected chi connectivity index (χ3v) is 6.53. The number of nitrogens with zero attached hydrogens (tertiary/aromatic N) is 1. The molecule has 14 nitrogen and oxygen atoms in total. The second kappa shape index (κ2) is 16.1. The predicted molar refractivity (Wildman–Crippen MR) is 147 cm³/mol. The second-order valence-electron chi connectivity index (χ2n) is 9.07. The Morgan fingerprint density at radius 2 is 1.55 bits per heavy atom. The van der Waals surface area contributed by atoms with E-state index in [1.165, 1.54) is 36.4 Å². The Hall–Kier alpha value is -4.11. The zero-order chi connectivity index (χ0) is 29.7. The predicted octanol–water partition coefficient (Wildman–Crippen LogP) is -1.21. The molecule has 0 saturated heterocycles. The number of H-pyrrole nitrogens is 1. The van der Waals surface area contributed by atoms with Gasteiger partial charge in [-0.2, -0.15) is 11.8 Å². The highest BCUT2D eigenvalue weighted by atomic mass is 32.2. The average molecular weight is 578 g/mol. The van der Waals surface area contributed by atoms with Gasteiger partial charge in [0.05, 0.1) is 12.4 Å². The molecule has 1 heterocycles. The van der Waals surface area contributed by atoms with Crippen LogP contribution in [0.5, 0.6) is 5.75 Å². The van der Waals surface area contributed by atoms with E-state index in [1.807, 2.05) is 6.26 Å². The minimum atomic E-state index is -1.43. The number of nitrogens with one attached hydrogen (secondary N) is 4. The number of carboxylic acid groups (broad SMARTS) is 1. The van der Waals surface area contributed by atoms with Crippen LogP contribution in [0, 0.1) is 0 Å². The SMILES string of the molecule is CSCCC(N)C(=O)NC(Cc1ccc(O)cc1)C(=O)NC(Cc1cnc[nH]1)C(=O)NC(CCC(N)=O)C(=O)O. The van der Waals surface area contributed by atoms with E-state index in [-0.39, 0.29) is 31.4 Å². The summed E-state index contributed by atoms with van der Waals surface area (Å²) in [4.78, 5) is 68.9. The lowest BCUT2D eigenvalue weighted by Crippen LogP contribution is -2.58. The topological polar surface area (TPSA) is 243 Å². The maximum Gasteiger partial charge on any atom is 0.326 e. The number of hydrogen-bond donors (Lipinski definition) is 8. The van der Waals surface area contributed by atoms with Gasteiger partial charge in [-0.3, -0.25) is 19.2 Å². The van der Waals surface area contributed by atoms with Gasteiger partial charge < -0.3 is 42.6 Å². The Labute approximate surface area is 235 Å². The molecule has 0 aliphatic carbocycles. The summed E-state index contributed by atoms with van der Waals surface area (Å²) >= 11 is 1.52. The van der Waals surface area contributed by atoms with Crippen LogP contribution in [-0.2, 0) is 36.8 Å². The maximum atomic E-state index is 13.5. The molecule has 0 spiro atoms. The van der Waals surface area contributed by atoms with Crippen molar-refractivity contribution in [1.82, 2.24) is 25.9 Å². The minimum absolute atomic E-state index is 0.0157. The van der Waals surface area contributed by atoms with Crippen molar-refractivity contribution in [2.75, 3.05) is 12.0 Å². The number of rotatable bonds is 17. The van der Waals surface area contributed by atoms with E-state index in [4.69, 9.17) is 11.5 Å². The van der Waals surface area contributed by atoms with Gasteiger partial charge in [-0.05, 0) is 42.5 Å². The van der Waals surface area contributed by atoms with Crippen molar-refractivity contribution >= 4 is 41.4 Å². The smallest absolute Gasteiger partial charge is 0.326 e. The maximum absolute atomic E-state index is 13.5. The molecule has 218 valence electrons. The Balaban J connectivity index is 2.27. The van der Waals surface area contributed by atoms with Gasteiger partial charge in [-0.25, -0.2) is 9.78 Å². The monoisotopic (exact) mass is 577 g/mol. The van der Waals surface area contributed by atoms with Crippen molar-refractivity contribution in [3.8, 4) is 5.75 Å². The van der Waals surface area contributed by atoms with Crippen LogP contribution in [0.3, 0.4) is 0 Å². The molecule has 0 fully saturated rings. The Morgan fingerprint density at radius 1 is 0.950 bits per heavy atom. The lowest BCUT2D eigenvalue weighted by molar-refractivity contribution is -0.142. The molecule has 1 aromatic heterocycles. The zero-order valence-corrected chi connectivity index (χ0v) is 22.8. The summed E-state index contributed by atoms with van der Waals surface area (Å²) in [5.74, 6) is -3.55. The first-order valence-corrected chi connectivity index (χ1v) is 13.8. The number of hydrogen-bond acceptors (Lipinski definition) is 9.